The van der Waals surface area contributed by atoms with E-state index in [9.17, 15) is 9.59 Å². The maximum Gasteiger partial charge on any atom is 0.305 e. The minimum Gasteiger partial charge on any atom is -0.466 e. The normalized spacial score (nSPS) is 19.5. The molecule has 3 rings (SSSR count). The first kappa shape index (κ1) is 20.5. The van der Waals surface area contributed by atoms with Gasteiger partial charge in [0.15, 0.2) is 0 Å². The van der Waals surface area contributed by atoms with Gasteiger partial charge in [0.05, 0.1) is 13.2 Å². The van der Waals surface area contributed by atoms with Crippen LogP contribution in [0.3, 0.4) is 0 Å². The summed E-state index contributed by atoms with van der Waals surface area (Å²) in [6.07, 6.45) is 3.41. The van der Waals surface area contributed by atoms with E-state index in [1.165, 1.54) is 0 Å². The first-order valence-corrected chi connectivity index (χ1v) is 11.1. The van der Waals surface area contributed by atoms with Gasteiger partial charge in [0.2, 0.25) is 5.91 Å². The Balaban J connectivity index is 1.57. The van der Waals surface area contributed by atoms with E-state index in [1.807, 2.05) is 36.1 Å². The lowest BCUT2D eigenvalue weighted by atomic mass is 10.2. The Kier molecular flexibility index (Phi) is 7.44. The average molecular weight is 411 g/mol. The van der Waals surface area contributed by atoms with E-state index in [-0.39, 0.29) is 17.3 Å². The Bertz CT molecular complexity index is 668. The number of benzene rings is 1. The second kappa shape index (κ2) is 9.80. The van der Waals surface area contributed by atoms with Crippen LogP contribution in [0.4, 0.5) is 0 Å². The van der Waals surface area contributed by atoms with E-state index in [1.54, 1.807) is 11.8 Å². The summed E-state index contributed by atoms with van der Waals surface area (Å²) >= 11 is 8.12. The number of carbonyl (C=O) groups is 2. The summed E-state index contributed by atoms with van der Waals surface area (Å²) in [4.78, 5) is 28.7. The van der Waals surface area contributed by atoms with Crippen molar-refractivity contribution in [3.63, 3.8) is 0 Å². The van der Waals surface area contributed by atoms with E-state index >= 15 is 0 Å². The summed E-state index contributed by atoms with van der Waals surface area (Å²) in [6.45, 7) is 4.15. The number of hydrogen-bond acceptors (Lipinski definition) is 5. The first-order valence-electron chi connectivity index (χ1n) is 9.65. The molecule has 1 heterocycles. The minimum absolute atomic E-state index is 0.00761. The van der Waals surface area contributed by atoms with Crippen LogP contribution < -0.4 is 0 Å². The fourth-order valence-corrected chi connectivity index (χ4v) is 5.03. The van der Waals surface area contributed by atoms with Crippen LogP contribution in [0.1, 0.15) is 43.5 Å². The minimum atomic E-state index is -0.158. The van der Waals surface area contributed by atoms with Crippen molar-refractivity contribution < 1.29 is 14.3 Å². The third kappa shape index (κ3) is 5.62. The zero-order chi connectivity index (χ0) is 19.2. The fourth-order valence-electron chi connectivity index (χ4n) is 3.41. The molecule has 2 aliphatic rings. The van der Waals surface area contributed by atoms with E-state index in [4.69, 9.17) is 16.3 Å². The molecular formula is C20H27ClN2O3S. The number of ether oxygens (including phenoxy) is 1. The Morgan fingerprint density at radius 1 is 1.33 bits per heavy atom. The smallest absolute Gasteiger partial charge is 0.305 e. The summed E-state index contributed by atoms with van der Waals surface area (Å²) < 4.78 is 4.99. The van der Waals surface area contributed by atoms with Crippen LogP contribution >= 0.6 is 23.4 Å². The highest BCUT2D eigenvalue weighted by atomic mass is 35.5. The molecule has 1 aliphatic carbocycles. The van der Waals surface area contributed by atoms with Crippen molar-refractivity contribution in [2.45, 2.75) is 44.0 Å². The van der Waals surface area contributed by atoms with Gasteiger partial charge in [0.25, 0.3) is 0 Å². The van der Waals surface area contributed by atoms with Gasteiger partial charge in [-0.15, -0.1) is 11.8 Å². The summed E-state index contributed by atoms with van der Waals surface area (Å²) in [7, 11) is 0. The monoisotopic (exact) mass is 410 g/mol. The SMILES string of the molecule is CCOC(=O)CCCN(CC(=O)N1CCS[C@H]1c1ccccc1Cl)C1CC1. The van der Waals surface area contributed by atoms with Gasteiger partial charge in [0, 0.05) is 35.3 Å². The summed E-state index contributed by atoms with van der Waals surface area (Å²) in [5, 5.41) is 0.704. The van der Waals surface area contributed by atoms with Crippen LogP contribution in [0.25, 0.3) is 0 Å². The molecule has 1 atom stereocenters. The summed E-state index contributed by atoms with van der Waals surface area (Å²) in [5.41, 5.74) is 1.01. The predicted octanol–water partition coefficient (Wildman–Crippen LogP) is 3.72. The van der Waals surface area contributed by atoms with Crippen LogP contribution in [0.5, 0.6) is 0 Å². The lowest BCUT2D eigenvalue weighted by Crippen LogP contribution is -2.41. The van der Waals surface area contributed by atoms with Crippen LogP contribution in [-0.4, -0.2) is 59.7 Å². The van der Waals surface area contributed by atoms with Gasteiger partial charge in [-0.25, -0.2) is 0 Å². The lowest BCUT2D eigenvalue weighted by Gasteiger charge is -2.28. The second-order valence-electron chi connectivity index (χ2n) is 6.94. The third-order valence-corrected chi connectivity index (χ3v) is 6.50. The second-order valence-corrected chi connectivity index (χ2v) is 8.54. The zero-order valence-corrected chi connectivity index (χ0v) is 17.3. The molecule has 0 bridgehead atoms. The van der Waals surface area contributed by atoms with Gasteiger partial charge in [-0.05, 0) is 38.8 Å². The van der Waals surface area contributed by atoms with E-state index < -0.39 is 0 Å². The first-order chi connectivity index (χ1) is 13.1. The van der Waals surface area contributed by atoms with Crippen LogP contribution in [-0.2, 0) is 14.3 Å². The topological polar surface area (TPSA) is 49.9 Å². The van der Waals surface area contributed by atoms with Crippen molar-refractivity contribution in [2.75, 3.05) is 32.0 Å². The van der Waals surface area contributed by atoms with Crippen molar-refractivity contribution in [3.8, 4) is 0 Å². The highest BCUT2D eigenvalue weighted by Gasteiger charge is 2.35. The fraction of sp³-hybridized carbons (Fsp3) is 0.600. The number of hydrogen-bond donors (Lipinski definition) is 0. The van der Waals surface area contributed by atoms with E-state index in [2.05, 4.69) is 4.90 Å². The molecule has 0 aromatic heterocycles. The summed E-state index contributed by atoms with van der Waals surface area (Å²) in [6, 6.07) is 8.24. The van der Waals surface area contributed by atoms with Crippen molar-refractivity contribution in [3.05, 3.63) is 34.9 Å². The maximum atomic E-state index is 13.0. The van der Waals surface area contributed by atoms with Gasteiger partial charge in [-0.3, -0.25) is 14.5 Å². The quantitative estimate of drug-likeness (QED) is 0.580. The molecule has 2 fully saturated rings. The highest BCUT2D eigenvalue weighted by Crippen LogP contribution is 2.41. The Labute approximate surface area is 170 Å². The molecule has 1 saturated carbocycles. The van der Waals surface area contributed by atoms with Crippen LogP contribution in [0.15, 0.2) is 24.3 Å². The van der Waals surface area contributed by atoms with E-state index in [0.29, 0.717) is 30.6 Å². The molecule has 0 N–H and O–H groups in total. The molecule has 7 heteroatoms. The molecule has 148 valence electrons. The van der Waals surface area contributed by atoms with Crippen molar-refractivity contribution in [1.82, 2.24) is 9.80 Å². The van der Waals surface area contributed by atoms with Gasteiger partial charge in [-0.2, -0.15) is 0 Å². The highest BCUT2D eigenvalue weighted by molar-refractivity contribution is 7.99. The molecule has 0 spiro atoms. The number of thioether (sulfide) groups is 1. The van der Waals surface area contributed by atoms with Gasteiger partial charge in [-0.1, -0.05) is 29.8 Å². The van der Waals surface area contributed by atoms with Crippen LogP contribution in [0.2, 0.25) is 5.02 Å². The molecule has 1 saturated heterocycles. The van der Waals surface area contributed by atoms with Gasteiger partial charge < -0.3 is 9.64 Å². The molecule has 1 amide bonds. The lowest BCUT2D eigenvalue weighted by molar-refractivity contribution is -0.143. The van der Waals surface area contributed by atoms with Gasteiger partial charge >= 0.3 is 5.97 Å². The number of carbonyl (C=O) groups excluding carboxylic acids is 2. The van der Waals surface area contributed by atoms with Crippen molar-refractivity contribution in [1.29, 1.82) is 0 Å². The largest absolute Gasteiger partial charge is 0.466 e. The van der Waals surface area contributed by atoms with Gasteiger partial charge in [0.1, 0.15) is 5.37 Å². The summed E-state index contributed by atoms with van der Waals surface area (Å²) in [5.74, 6) is 0.913. The number of amides is 1. The Morgan fingerprint density at radius 2 is 2.11 bits per heavy atom. The van der Waals surface area contributed by atoms with Crippen molar-refractivity contribution >= 4 is 35.2 Å². The van der Waals surface area contributed by atoms with E-state index in [0.717, 1.165) is 43.7 Å². The predicted molar refractivity (Wildman–Crippen MR) is 109 cm³/mol. The van der Waals surface area contributed by atoms with Crippen molar-refractivity contribution in [2.24, 2.45) is 0 Å². The maximum absolute atomic E-state index is 13.0. The van der Waals surface area contributed by atoms with Crippen LogP contribution in [0, 0.1) is 0 Å². The standard InChI is InChI=1S/C20H27ClN2O3S/c1-2-26-19(25)8-5-11-22(15-9-10-15)14-18(24)23-12-13-27-20(23)16-6-3-4-7-17(16)21/h3-4,6-7,15,20H,2,5,8-14H2,1H3/t20-/m0/s1. The third-order valence-electron chi connectivity index (χ3n) is 4.92. The molecule has 1 aromatic rings. The Morgan fingerprint density at radius 3 is 2.81 bits per heavy atom. The molecule has 1 aliphatic heterocycles. The molecule has 1 aromatic carbocycles. The molecule has 27 heavy (non-hydrogen) atoms. The molecular weight excluding hydrogens is 384 g/mol. The number of halogens is 1. The number of esters is 1. The number of nitrogens with zero attached hydrogens (tertiary/aromatic N) is 2. The molecule has 0 unspecified atom stereocenters. The number of rotatable bonds is 9. The Hall–Kier alpha value is -1.24. The zero-order valence-electron chi connectivity index (χ0n) is 15.7. The molecule has 5 nitrogen and oxygen atoms in total. The average Bonchev–Trinajstić information content (AvgIpc) is 3.38. The molecule has 0 radical (unpaired) electrons.